The number of aryl methyl sites for hydroxylation is 2. The van der Waals surface area contributed by atoms with E-state index in [2.05, 4.69) is 37.0 Å². The summed E-state index contributed by atoms with van der Waals surface area (Å²) in [6.45, 7) is 4.19. The quantitative estimate of drug-likeness (QED) is 0.857. The molecule has 0 spiro atoms. The SMILES string of the molecule is Cc1cc(C)cc(N(C)c2cccc(N)n2)c1. The largest absolute Gasteiger partial charge is 0.384 e. The number of anilines is 3. The Morgan fingerprint density at radius 2 is 1.71 bits per heavy atom. The minimum Gasteiger partial charge on any atom is -0.384 e. The van der Waals surface area contributed by atoms with Crippen molar-refractivity contribution in [2.24, 2.45) is 0 Å². The lowest BCUT2D eigenvalue weighted by molar-refractivity contribution is 1.12. The molecule has 2 aromatic rings. The average molecular weight is 227 g/mol. The molecular weight excluding hydrogens is 210 g/mol. The molecule has 0 atom stereocenters. The summed E-state index contributed by atoms with van der Waals surface area (Å²) < 4.78 is 0. The highest BCUT2D eigenvalue weighted by Crippen LogP contribution is 2.24. The van der Waals surface area contributed by atoms with E-state index in [0.29, 0.717) is 5.82 Å². The zero-order valence-corrected chi connectivity index (χ0v) is 10.4. The van der Waals surface area contributed by atoms with Gasteiger partial charge in [-0.15, -0.1) is 0 Å². The molecule has 0 aliphatic carbocycles. The van der Waals surface area contributed by atoms with Crippen LogP contribution in [0.4, 0.5) is 17.3 Å². The summed E-state index contributed by atoms with van der Waals surface area (Å²) in [5, 5.41) is 0. The Morgan fingerprint density at radius 1 is 1.06 bits per heavy atom. The first kappa shape index (κ1) is 11.5. The Hall–Kier alpha value is -2.03. The molecule has 0 fully saturated rings. The number of aromatic nitrogens is 1. The Kier molecular flexibility index (Phi) is 3.00. The highest BCUT2D eigenvalue weighted by Gasteiger charge is 2.06. The topological polar surface area (TPSA) is 42.1 Å². The zero-order chi connectivity index (χ0) is 12.4. The van der Waals surface area contributed by atoms with E-state index in [1.54, 1.807) is 6.07 Å². The van der Waals surface area contributed by atoms with Crippen LogP contribution in [0.5, 0.6) is 0 Å². The molecular formula is C14H17N3. The maximum atomic E-state index is 5.70. The van der Waals surface area contributed by atoms with Crippen molar-refractivity contribution < 1.29 is 0 Å². The molecule has 17 heavy (non-hydrogen) atoms. The molecule has 3 nitrogen and oxygen atoms in total. The summed E-state index contributed by atoms with van der Waals surface area (Å²) in [6, 6.07) is 12.1. The maximum absolute atomic E-state index is 5.70. The third-order valence-electron chi connectivity index (χ3n) is 2.69. The normalized spacial score (nSPS) is 10.3. The summed E-state index contributed by atoms with van der Waals surface area (Å²) in [4.78, 5) is 6.35. The van der Waals surface area contributed by atoms with Crippen LogP contribution in [0.3, 0.4) is 0 Å². The molecule has 0 radical (unpaired) electrons. The van der Waals surface area contributed by atoms with Gasteiger partial charge in [0.15, 0.2) is 0 Å². The van der Waals surface area contributed by atoms with Gasteiger partial charge in [0.25, 0.3) is 0 Å². The minimum absolute atomic E-state index is 0.540. The van der Waals surface area contributed by atoms with Gasteiger partial charge in [-0.05, 0) is 49.2 Å². The fourth-order valence-corrected chi connectivity index (χ4v) is 1.90. The summed E-state index contributed by atoms with van der Waals surface area (Å²) >= 11 is 0. The lowest BCUT2D eigenvalue weighted by Crippen LogP contribution is -2.12. The number of nitrogens with two attached hydrogens (primary N) is 1. The number of rotatable bonds is 2. The first-order valence-electron chi connectivity index (χ1n) is 5.61. The van der Waals surface area contributed by atoms with Gasteiger partial charge < -0.3 is 10.6 Å². The number of benzene rings is 1. The zero-order valence-electron chi connectivity index (χ0n) is 10.4. The molecule has 1 heterocycles. The monoisotopic (exact) mass is 227 g/mol. The standard InChI is InChI=1S/C14H17N3/c1-10-7-11(2)9-12(8-10)17(3)14-6-4-5-13(15)16-14/h4-9H,1-3H3,(H2,15,16). The predicted octanol–water partition coefficient (Wildman–Crippen LogP) is 3.05. The van der Waals surface area contributed by atoms with Gasteiger partial charge in [-0.1, -0.05) is 12.1 Å². The van der Waals surface area contributed by atoms with Crippen molar-refractivity contribution >= 4 is 17.3 Å². The van der Waals surface area contributed by atoms with E-state index in [4.69, 9.17) is 5.73 Å². The highest BCUT2D eigenvalue weighted by atomic mass is 15.2. The Labute approximate surface area is 102 Å². The first-order valence-corrected chi connectivity index (χ1v) is 5.61. The molecule has 2 rings (SSSR count). The third-order valence-corrected chi connectivity index (χ3v) is 2.69. The second-order valence-electron chi connectivity index (χ2n) is 4.33. The number of hydrogen-bond donors (Lipinski definition) is 1. The molecule has 3 heteroatoms. The Bertz CT molecular complexity index is 514. The van der Waals surface area contributed by atoms with Crippen molar-refractivity contribution in [2.75, 3.05) is 17.7 Å². The number of hydrogen-bond acceptors (Lipinski definition) is 3. The van der Waals surface area contributed by atoms with Gasteiger partial charge in [-0.2, -0.15) is 0 Å². The summed E-state index contributed by atoms with van der Waals surface area (Å²) in [5.41, 5.74) is 9.31. The van der Waals surface area contributed by atoms with E-state index in [1.165, 1.54) is 11.1 Å². The van der Waals surface area contributed by atoms with E-state index in [0.717, 1.165) is 11.5 Å². The van der Waals surface area contributed by atoms with Crippen molar-refractivity contribution in [1.29, 1.82) is 0 Å². The van der Waals surface area contributed by atoms with Crippen molar-refractivity contribution in [1.82, 2.24) is 4.98 Å². The molecule has 1 aromatic heterocycles. The Balaban J connectivity index is 2.39. The third kappa shape index (κ3) is 2.56. The molecule has 0 saturated carbocycles. The van der Waals surface area contributed by atoms with Crippen LogP contribution in [0.2, 0.25) is 0 Å². The smallest absolute Gasteiger partial charge is 0.135 e. The minimum atomic E-state index is 0.540. The number of nitrogens with zero attached hydrogens (tertiary/aromatic N) is 2. The lowest BCUT2D eigenvalue weighted by Gasteiger charge is -2.19. The van der Waals surface area contributed by atoms with Gasteiger partial charge in [0.1, 0.15) is 11.6 Å². The molecule has 0 amide bonds. The molecule has 0 saturated heterocycles. The molecule has 0 aliphatic rings. The molecule has 88 valence electrons. The molecule has 1 aromatic carbocycles. The van der Waals surface area contributed by atoms with Gasteiger partial charge in [0.05, 0.1) is 0 Å². The number of nitrogen functional groups attached to an aromatic ring is 1. The van der Waals surface area contributed by atoms with Gasteiger partial charge in [-0.3, -0.25) is 0 Å². The Morgan fingerprint density at radius 3 is 2.29 bits per heavy atom. The second-order valence-corrected chi connectivity index (χ2v) is 4.33. The van der Waals surface area contributed by atoms with Crippen LogP contribution in [-0.2, 0) is 0 Å². The predicted molar refractivity (Wildman–Crippen MR) is 72.6 cm³/mol. The summed E-state index contributed by atoms with van der Waals surface area (Å²) in [7, 11) is 2.00. The number of pyridine rings is 1. The first-order chi connectivity index (χ1) is 8.06. The average Bonchev–Trinajstić information content (AvgIpc) is 2.26. The van der Waals surface area contributed by atoms with E-state index >= 15 is 0 Å². The fourth-order valence-electron chi connectivity index (χ4n) is 1.90. The van der Waals surface area contributed by atoms with Gasteiger partial charge in [0.2, 0.25) is 0 Å². The van der Waals surface area contributed by atoms with Gasteiger partial charge in [0, 0.05) is 12.7 Å². The summed E-state index contributed by atoms with van der Waals surface area (Å²) in [6.07, 6.45) is 0. The van der Waals surface area contributed by atoms with Gasteiger partial charge in [-0.25, -0.2) is 4.98 Å². The van der Waals surface area contributed by atoms with E-state index < -0.39 is 0 Å². The van der Waals surface area contributed by atoms with Gasteiger partial charge >= 0.3 is 0 Å². The van der Waals surface area contributed by atoms with Crippen LogP contribution < -0.4 is 10.6 Å². The maximum Gasteiger partial charge on any atom is 0.135 e. The molecule has 0 aliphatic heterocycles. The van der Waals surface area contributed by atoms with E-state index in [1.807, 2.05) is 24.1 Å². The van der Waals surface area contributed by atoms with Crippen LogP contribution in [0.25, 0.3) is 0 Å². The summed E-state index contributed by atoms with van der Waals surface area (Å²) in [5.74, 6) is 1.40. The van der Waals surface area contributed by atoms with Crippen LogP contribution >= 0.6 is 0 Å². The van der Waals surface area contributed by atoms with E-state index in [-0.39, 0.29) is 0 Å². The second kappa shape index (κ2) is 4.45. The fraction of sp³-hybridized carbons (Fsp3) is 0.214. The van der Waals surface area contributed by atoms with Crippen molar-refractivity contribution in [3.63, 3.8) is 0 Å². The molecule has 0 bridgehead atoms. The van der Waals surface area contributed by atoms with Crippen molar-refractivity contribution in [3.05, 3.63) is 47.5 Å². The van der Waals surface area contributed by atoms with Crippen LogP contribution in [0.15, 0.2) is 36.4 Å². The molecule has 0 unspecified atom stereocenters. The molecule has 2 N–H and O–H groups in total. The van der Waals surface area contributed by atoms with Crippen molar-refractivity contribution in [2.45, 2.75) is 13.8 Å². The lowest BCUT2D eigenvalue weighted by atomic mass is 10.1. The van der Waals surface area contributed by atoms with Crippen LogP contribution in [0.1, 0.15) is 11.1 Å². The van der Waals surface area contributed by atoms with E-state index in [9.17, 15) is 0 Å². The highest BCUT2D eigenvalue weighted by molar-refractivity contribution is 5.62. The van der Waals surface area contributed by atoms with Crippen LogP contribution in [0, 0.1) is 13.8 Å². The van der Waals surface area contributed by atoms with Crippen molar-refractivity contribution in [3.8, 4) is 0 Å². The van der Waals surface area contributed by atoms with Crippen LogP contribution in [-0.4, -0.2) is 12.0 Å².